The molecule has 2 heterocycles. The molecule has 0 radical (unpaired) electrons. The first kappa shape index (κ1) is 18.4. The van der Waals surface area contributed by atoms with Gasteiger partial charge in [-0.2, -0.15) is 0 Å². The van der Waals surface area contributed by atoms with E-state index < -0.39 is 0 Å². The number of nitrogens with zero attached hydrogens (tertiary/aromatic N) is 1. The summed E-state index contributed by atoms with van der Waals surface area (Å²) in [6.07, 6.45) is 1.59. The fraction of sp³-hybridized carbons (Fsp3) is 0.500. The zero-order valence-corrected chi connectivity index (χ0v) is 15.8. The molecule has 0 bridgehead atoms. The topological polar surface area (TPSA) is 90.4 Å². The second-order valence-corrected chi connectivity index (χ2v) is 7.45. The molecular weight excluding hydrogens is 352 g/mol. The van der Waals surface area contributed by atoms with Crippen molar-refractivity contribution in [2.75, 3.05) is 25.0 Å². The van der Waals surface area contributed by atoms with Gasteiger partial charge >= 0.3 is 6.03 Å². The van der Waals surface area contributed by atoms with E-state index in [2.05, 4.69) is 29.5 Å². The van der Waals surface area contributed by atoms with Crippen LogP contribution in [0.1, 0.15) is 26.7 Å². The van der Waals surface area contributed by atoms with Crippen LogP contribution in [0.25, 0.3) is 11.1 Å². The number of likely N-dealkylation sites (tertiary alicyclic amines) is 1. The van der Waals surface area contributed by atoms with Gasteiger partial charge in [0.25, 0.3) is 4.84 Å². The monoisotopic (exact) mass is 376 g/mol. The van der Waals surface area contributed by atoms with Gasteiger partial charge in [-0.15, -0.1) is 0 Å². The molecule has 140 valence electrons. The van der Waals surface area contributed by atoms with Crippen LogP contribution in [0.4, 0.5) is 10.5 Å². The Kier molecular flexibility index (Phi) is 5.61. The quantitative estimate of drug-likeness (QED) is 0.712. The van der Waals surface area contributed by atoms with E-state index in [1.807, 2.05) is 6.07 Å². The van der Waals surface area contributed by atoms with Gasteiger partial charge in [-0.1, -0.05) is 13.8 Å². The predicted octanol–water partition coefficient (Wildman–Crippen LogP) is 3.51. The molecule has 1 aliphatic rings. The molecule has 0 unspecified atom stereocenters. The second-order valence-electron chi connectivity index (χ2n) is 7.08. The van der Waals surface area contributed by atoms with Gasteiger partial charge in [-0.3, -0.25) is 4.79 Å². The molecule has 3 amide bonds. The maximum Gasteiger partial charge on any atom is 0.317 e. The number of benzene rings is 1. The number of urea groups is 1. The highest BCUT2D eigenvalue weighted by Gasteiger charge is 2.28. The van der Waals surface area contributed by atoms with Crippen LogP contribution in [0.5, 0.6) is 0 Å². The molecular formula is C18H24N4O3S. The van der Waals surface area contributed by atoms with E-state index in [1.165, 1.54) is 0 Å². The average molecular weight is 376 g/mol. The van der Waals surface area contributed by atoms with Crippen LogP contribution in [-0.2, 0) is 4.79 Å². The highest BCUT2D eigenvalue weighted by molar-refractivity contribution is 7.71. The molecule has 8 heteroatoms. The molecule has 1 aliphatic heterocycles. The van der Waals surface area contributed by atoms with Crippen LogP contribution in [0.2, 0.25) is 0 Å². The molecule has 1 aromatic carbocycles. The Morgan fingerprint density at radius 2 is 2.23 bits per heavy atom. The third-order valence-corrected chi connectivity index (χ3v) is 4.61. The van der Waals surface area contributed by atoms with Crippen LogP contribution in [-0.4, -0.2) is 41.5 Å². The number of carbonyl (C=O) groups is 2. The Bertz CT molecular complexity index is 857. The molecule has 3 rings (SSSR count). The number of H-pyrrole nitrogens is 1. The summed E-state index contributed by atoms with van der Waals surface area (Å²) in [4.78, 5) is 29.8. The Labute approximate surface area is 157 Å². The van der Waals surface area contributed by atoms with Crippen LogP contribution >= 0.6 is 12.2 Å². The number of aromatic amines is 1. The number of piperidine rings is 1. The first-order valence-electron chi connectivity index (χ1n) is 8.89. The smallest absolute Gasteiger partial charge is 0.317 e. The zero-order chi connectivity index (χ0) is 18.7. The van der Waals surface area contributed by atoms with Gasteiger partial charge in [0.1, 0.15) is 0 Å². The molecule has 7 nitrogen and oxygen atoms in total. The molecule has 3 N–H and O–H groups in total. The van der Waals surface area contributed by atoms with Gasteiger partial charge in [0.05, 0.1) is 11.4 Å². The second kappa shape index (κ2) is 7.90. The lowest BCUT2D eigenvalue weighted by molar-refractivity contribution is -0.121. The predicted molar refractivity (Wildman–Crippen MR) is 103 cm³/mol. The fourth-order valence-electron chi connectivity index (χ4n) is 3.05. The van der Waals surface area contributed by atoms with Crippen LogP contribution in [0, 0.1) is 16.7 Å². The number of hydrogen-bond donors (Lipinski definition) is 3. The third kappa shape index (κ3) is 4.43. The van der Waals surface area contributed by atoms with Crippen LogP contribution < -0.4 is 10.6 Å². The molecule has 1 fully saturated rings. The first-order chi connectivity index (χ1) is 12.4. The fourth-order valence-corrected chi connectivity index (χ4v) is 3.25. The maximum absolute atomic E-state index is 12.6. The van der Waals surface area contributed by atoms with Crippen molar-refractivity contribution in [3.05, 3.63) is 23.0 Å². The molecule has 0 aliphatic carbocycles. The van der Waals surface area contributed by atoms with E-state index in [9.17, 15) is 9.59 Å². The number of fused-ring (bicyclic) bond motifs is 1. The summed E-state index contributed by atoms with van der Waals surface area (Å²) in [6, 6.07) is 5.27. The molecule has 1 atom stereocenters. The minimum absolute atomic E-state index is 0.0835. The Hall–Kier alpha value is -2.35. The summed E-state index contributed by atoms with van der Waals surface area (Å²) in [5.41, 5.74) is 2.05. The first-order valence-corrected chi connectivity index (χ1v) is 9.29. The van der Waals surface area contributed by atoms with E-state index in [0.29, 0.717) is 41.7 Å². The van der Waals surface area contributed by atoms with Crippen molar-refractivity contribution in [2.45, 2.75) is 26.7 Å². The van der Waals surface area contributed by atoms with Gasteiger partial charge in [0.2, 0.25) is 5.91 Å². The normalized spacial score (nSPS) is 17.5. The summed E-state index contributed by atoms with van der Waals surface area (Å²) in [6.45, 7) is 5.86. The van der Waals surface area contributed by atoms with Crippen molar-refractivity contribution in [1.29, 1.82) is 0 Å². The SMILES string of the molecule is CC(C)CNC(=O)N1CCC[C@H](C(=O)Nc2ccc3[nH]c(=S)oc3c2)C1. The van der Waals surface area contributed by atoms with Gasteiger partial charge in [-0.25, -0.2) is 4.79 Å². The summed E-state index contributed by atoms with van der Waals surface area (Å²) in [5.74, 6) is 0.0917. The maximum atomic E-state index is 12.6. The number of rotatable bonds is 4. The van der Waals surface area contributed by atoms with Gasteiger partial charge in [-0.05, 0) is 43.1 Å². The molecule has 26 heavy (non-hydrogen) atoms. The van der Waals surface area contributed by atoms with E-state index in [1.54, 1.807) is 17.0 Å². The number of aromatic nitrogens is 1. The summed E-state index contributed by atoms with van der Waals surface area (Å²) < 4.78 is 5.38. The summed E-state index contributed by atoms with van der Waals surface area (Å²) in [7, 11) is 0. The highest BCUT2D eigenvalue weighted by atomic mass is 32.1. The number of hydrogen-bond acceptors (Lipinski definition) is 4. The van der Waals surface area contributed by atoms with E-state index in [-0.39, 0.29) is 17.9 Å². The number of carbonyl (C=O) groups excluding carboxylic acids is 2. The van der Waals surface area contributed by atoms with Crippen LogP contribution in [0.3, 0.4) is 0 Å². The molecule has 1 aromatic heterocycles. The van der Waals surface area contributed by atoms with Crippen molar-refractivity contribution < 1.29 is 14.0 Å². The summed E-state index contributed by atoms with van der Waals surface area (Å²) in [5, 5.41) is 5.83. The molecule has 0 saturated carbocycles. The van der Waals surface area contributed by atoms with E-state index >= 15 is 0 Å². The number of oxazole rings is 1. The van der Waals surface area contributed by atoms with Gasteiger partial charge in [0.15, 0.2) is 5.58 Å². The minimum Gasteiger partial charge on any atom is -0.429 e. The lowest BCUT2D eigenvalue weighted by atomic mass is 9.97. The van der Waals surface area contributed by atoms with Gasteiger partial charge in [0, 0.05) is 31.4 Å². The van der Waals surface area contributed by atoms with E-state index in [4.69, 9.17) is 16.6 Å². The molecule has 0 spiro atoms. The zero-order valence-electron chi connectivity index (χ0n) is 15.0. The van der Waals surface area contributed by atoms with Crippen molar-refractivity contribution in [3.8, 4) is 0 Å². The number of amides is 3. The van der Waals surface area contributed by atoms with Crippen molar-refractivity contribution in [3.63, 3.8) is 0 Å². The average Bonchev–Trinajstić information content (AvgIpc) is 2.99. The Balaban J connectivity index is 1.61. The highest BCUT2D eigenvalue weighted by Crippen LogP contribution is 2.22. The number of nitrogens with one attached hydrogen (secondary N) is 3. The standard InChI is InChI=1S/C18H24N4O3S/c1-11(2)9-19-17(24)22-7-3-4-12(10-22)16(23)20-13-5-6-14-15(8-13)25-18(26)21-14/h5-6,8,11-12H,3-4,7,9-10H2,1-2H3,(H,19,24)(H,20,23)(H,21,26)/t12-/m0/s1. The molecule has 1 saturated heterocycles. The number of anilines is 1. The lowest BCUT2D eigenvalue weighted by Gasteiger charge is -2.32. The van der Waals surface area contributed by atoms with Crippen molar-refractivity contribution in [2.24, 2.45) is 11.8 Å². The largest absolute Gasteiger partial charge is 0.429 e. The van der Waals surface area contributed by atoms with Crippen LogP contribution in [0.15, 0.2) is 22.6 Å². The van der Waals surface area contributed by atoms with E-state index in [0.717, 1.165) is 18.4 Å². The van der Waals surface area contributed by atoms with Crippen molar-refractivity contribution >= 4 is 40.9 Å². The minimum atomic E-state index is -0.220. The lowest BCUT2D eigenvalue weighted by Crippen LogP contribution is -2.48. The Morgan fingerprint density at radius 1 is 1.42 bits per heavy atom. The van der Waals surface area contributed by atoms with Crippen molar-refractivity contribution in [1.82, 2.24) is 15.2 Å². The third-order valence-electron chi connectivity index (χ3n) is 4.43. The van der Waals surface area contributed by atoms with Gasteiger partial charge < -0.3 is 24.9 Å². The summed E-state index contributed by atoms with van der Waals surface area (Å²) >= 11 is 4.97. The molecule has 2 aromatic rings. The Morgan fingerprint density at radius 3 is 3.00 bits per heavy atom.